The van der Waals surface area contributed by atoms with Crippen LogP contribution < -0.4 is 4.72 Å². The zero-order valence-electron chi connectivity index (χ0n) is 11.4. The van der Waals surface area contributed by atoms with Crippen LogP contribution >= 0.6 is 0 Å². The third-order valence-corrected chi connectivity index (χ3v) is 4.69. The zero-order valence-corrected chi connectivity index (χ0v) is 12.3. The van der Waals surface area contributed by atoms with Gasteiger partial charge in [0.15, 0.2) is 17.2 Å². The van der Waals surface area contributed by atoms with Gasteiger partial charge in [-0.15, -0.1) is 10.2 Å². The molecule has 0 bridgehead atoms. The Hall–Kier alpha value is -2.26. The van der Waals surface area contributed by atoms with Crippen molar-refractivity contribution in [3.05, 3.63) is 41.7 Å². The molecule has 0 atom stereocenters. The summed E-state index contributed by atoms with van der Waals surface area (Å²) in [7, 11) is -3.71. The highest BCUT2D eigenvalue weighted by Gasteiger charge is 2.24. The molecule has 1 N–H and O–H groups in total. The van der Waals surface area contributed by atoms with Gasteiger partial charge in [0, 0.05) is 6.20 Å². The molecule has 0 amide bonds. The summed E-state index contributed by atoms with van der Waals surface area (Å²) < 4.78 is 33.7. The molecule has 0 aliphatic rings. The van der Waals surface area contributed by atoms with E-state index in [1.807, 2.05) is 12.1 Å². The summed E-state index contributed by atoms with van der Waals surface area (Å²) in [5, 5.41) is 11.6. The van der Waals surface area contributed by atoms with E-state index in [4.69, 9.17) is 4.52 Å². The van der Waals surface area contributed by atoms with Crippen LogP contribution in [-0.2, 0) is 16.6 Å². The molecule has 3 aromatic rings. The van der Waals surface area contributed by atoms with Crippen molar-refractivity contribution in [2.45, 2.75) is 25.3 Å². The highest BCUT2D eigenvalue weighted by molar-refractivity contribution is 7.89. The minimum absolute atomic E-state index is 0.0254. The Kier molecular flexibility index (Phi) is 3.22. The van der Waals surface area contributed by atoms with E-state index < -0.39 is 10.0 Å². The molecule has 0 unspecified atom stereocenters. The summed E-state index contributed by atoms with van der Waals surface area (Å²) in [4.78, 5) is 0.0660. The summed E-state index contributed by atoms with van der Waals surface area (Å²) in [6.07, 6.45) is 1.77. The SMILES string of the molecule is Cc1noc(C)c1S(=O)(=O)NCc1nnc2ccccn12. The molecule has 0 radical (unpaired) electrons. The van der Waals surface area contributed by atoms with Crippen molar-refractivity contribution in [2.75, 3.05) is 0 Å². The van der Waals surface area contributed by atoms with Gasteiger partial charge in [-0.3, -0.25) is 4.40 Å². The van der Waals surface area contributed by atoms with Gasteiger partial charge < -0.3 is 4.52 Å². The second-order valence-electron chi connectivity index (χ2n) is 4.52. The minimum atomic E-state index is -3.71. The lowest BCUT2D eigenvalue weighted by molar-refractivity contribution is 0.390. The van der Waals surface area contributed by atoms with Gasteiger partial charge in [-0.25, -0.2) is 13.1 Å². The first kappa shape index (κ1) is 13.7. The van der Waals surface area contributed by atoms with Gasteiger partial charge in [-0.1, -0.05) is 11.2 Å². The van der Waals surface area contributed by atoms with Crippen LogP contribution in [0.3, 0.4) is 0 Å². The molecule has 0 saturated heterocycles. The summed E-state index contributed by atoms with van der Waals surface area (Å²) >= 11 is 0. The summed E-state index contributed by atoms with van der Waals surface area (Å²) in [6, 6.07) is 5.45. The zero-order chi connectivity index (χ0) is 15.0. The first-order chi connectivity index (χ1) is 9.99. The molecule has 3 aromatic heterocycles. The van der Waals surface area contributed by atoms with E-state index in [1.54, 1.807) is 30.5 Å². The second kappa shape index (κ2) is 4.93. The highest BCUT2D eigenvalue weighted by atomic mass is 32.2. The number of sulfonamides is 1. The fourth-order valence-corrected chi connectivity index (χ4v) is 3.41. The average molecular weight is 307 g/mol. The van der Waals surface area contributed by atoms with Crippen LogP contribution in [0.5, 0.6) is 0 Å². The normalized spacial score (nSPS) is 12.1. The predicted octanol–water partition coefficient (Wildman–Crippen LogP) is 0.813. The molecule has 0 aromatic carbocycles. The number of pyridine rings is 1. The molecule has 110 valence electrons. The summed E-state index contributed by atoms with van der Waals surface area (Å²) in [5.74, 6) is 0.757. The molecule has 0 saturated carbocycles. The Morgan fingerprint density at radius 1 is 1.29 bits per heavy atom. The largest absolute Gasteiger partial charge is 0.360 e. The van der Waals surface area contributed by atoms with E-state index in [0.29, 0.717) is 17.2 Å². The highest BCUT2D eigenvalue weighted by Crippen LogP contribution is 2.18. The molecule has 0 spiro atoms. The van der Waals surface area contributed by atoms with E-state index in [9.17, 15) is 8.42 Å². The number of hydrogen-bond donors (Lipinski definition) is 1. The molecule has 9 heteroatoms. The predicted molar refractivity (Wildman–Crippen MR) is 73.0 cm³/mol. The quantitative estimate of drug-likeness (QED) is 0.765. The molecule has 0 aliphatic carbocycles. The molecular weight excluding hydrogens is 294 g/mol. The number of fused-ring (bicyclic) bond motifs is 1. The number of nitrogens with one attached hydrogen (secondary N) is 1. The van der Waals surface area contributed by atoms with Gasteiger partial charge in [0.25, 0.3) is 0 Å². The standard InChI is InChI=1S/C12H13N5O3S/c1-8-12(9(2)20-16-8)21(18,19)13-7-11-15-14-10-5-3-4-6-17(10)11/h3-6,13H,7H2,1-2H3. The lowest BCUT2D eigenvalue weighted by Crippen LogP contribution is -2.25. The van der Waals surface area contributed by atoms with Crippen LogP contribution in [0, 0.1) is 13.8 Å². The Bertz CT molecular complexity index is 877. The van der Waals surface area contributed by atoms with Crippen molar-refractivity contribution in [3.8, 4) is 0 Å². The minimum Gasteiger partial charge on any atom is -0.360 e. The van der Waals surface area contributed by atoms with Crippen LogP contribution in [-0.4, -0.2) is 28.2 Å². The van der Waals surface area contributed by atoms with Crippen molar-refractivity contribution in [1.29, 1.82) is 0 Å². The van der Waals surface area contributed by atoms with Gasteiger partial charge in [-0.05, 0) is 26.0 Å². The van der Waals surface area contributed by atoms with Gasteiger partial charge in [0.1, 0.15) is 10.6 Å². The average Bonchev–Trinajstić information content (AvgIpc) is 3.01. The molecule has 0 fully saturated rings. The first-order valence-corrected chi connectivity index (χ1v) is 7.68. The van der Waals surface area contributed by atoms with E-state index in [-0.39, 0.29) is 17.2 Å². The van der Waals surface area contributed by atoms with Crippen LogP contribution in [0.2, 0.25) is 0 Å². The lowest BCUT2D eigenvalue weighted by Gasteiger charge is -2.05. The van der Waals surface area contributed by atoms with E-state index >= 15 is 0 Å². The monoisotopic (exact) mass is 307 g/mol. The van der Waals surface area contributed by atoms with Gasteiger partial charge in [0.2, 0.25) is 10.0 Å². The number of aromatic nitrogens is 4. The first-order valence-electron chi connectivity index (χ1n) is 6.20. The van der Waals surface area contributed by atoms with Crippen LogP contribution in [0.4, 0.5) is 0 Å². The maximum absolute atomic E-state index is 12.3. The smallest absolute Gasteiger partial charge is 0.246 e. The van der Waals surface area contributed by atoms with Crippen LogP contribution in [0.15, 0.2) is 33.8 Å². The second-order valence-corrected chi connectivity index (χ2v) is 6.23. The fraction of sp³-hybridized carbons (Fsp3) is 0.250. The van der Waals surface area contributed by atoms with E-state index in [1.165, 1.54) is 0 Å². The van der Waals surface area contributed by atoms with Gasteiger partial charge in [-0.2, -0.15) is 0 Å². The van der Waals surface area contributed by atoms with Crippen LogP contribution in [0.1, 0.15) is 17.3 Å². The topological polar surface area (TPSA) is 102 Å². The lowest BCUT2D eigenvalue weighted by atomic mass is 10.4. The third kappa shape index (κ3) is 2.41. The Morgan fingerprint density at radius 3 is 2.81 bits per heavy atom. The molecule has 21 heavy (non-hydrogen) atoms. The molecule has 8 nitrogen and oxygen atoms in total. The van der Waals surface area contributed by atoms with Crippen molar-refractivity contribution in [3.63, 3.8) is 0 Å². The van der Waals surface area contributed by atoms with E-state index in [0.717, 1.165) is 0 Å². The van der Waals surface area contributed by atoms with Crippen molar-refractivity contribution < 1.29 is 12.9 Å². The van der Waals surface area contributed by atoms with Crippen LogP contribution in [0.25, 0.3) is 5.65 Å². The molecule has 3 heterocycles. The number of rotatable bonds is 4. The number of aryl methyl sites for hydroxylation is 2. The summed E-state index contributed by atoms with van der Waals surface area (Å²) in [5.41, 5.74) is 0.982. The van der Waals surface area contributed by atoms with E-state index in [2.05, 4.69) is 20.1 Å². The fourth-order valence-electron chi connectivity index (χ4n) is 2.10. The molecule has 0 aliphatic heterocycles. The summed E-state index contributed by atoms with van der Waals surface area (Å²) in [6.45, 7) is 3.16. The Labute approximate surface area is 120 Å². The van der Waals surface area contributed by atoms with Gasteiger partial charge >= 0.3 is 0 Å². The Morgan fingerprint density at radius 2 is 2.10 bits per heavy atom. The third-order valence-electron chi connectivity index (χ3n) is 3.04. The number of hydrogen-bond acceptors (Lipinski definition) is 6. The maximum atomic E-state index is 12.3. The van der Waals surface area contributed by atoms with Gasteiger partial charge in [0.05, 0.1) is 6.54 Å². The molecule has 3 rings (SSSR count). The molecular formula is C12H13N5O3S. The Balaban J connectivity index is 1.88. The van der Waals surface area contributed by atoms with Crippen molar-refractivity contribution in [1.82, 2.24) is 24.5 Å². The maximum Gasteiger partial charge on any atom is 0.246 e. The number of nitrogens with zero attached hydrogens (tertiary/aromatic N) is 4. The van der Waals surface area contributed by atoms with Crippen molar-refractivity contribution >= 4 is 15.7 Å². The van der Waals surface area contributed by atoms with Crippen molar-refractivity contribution in [2.24, 2.45) is 0 Å².